The molecule has 1 fully saturated rings. The molecule has 4 rings (SSSR count). The second-order valence-corrected chi connectivity index (χ2v) is 9.88. The molecule has 0 bridgehead atoms. The Labute approximate surface area is 209 Å². The summed E-state index contributed by atoms with van der Waals surface area (Å²) in [5.74, 6) is 0.927. The number of fused-ring (bicyclic) bond motifs is 1. The third-order valence-electron chi connectivity index (χ3n) is 5.99. The molecule has 0 radical (unpaired) electrons. The van der Waals surface area contributed by atoms with Gasteiger partial charge in [0.25, 0.3) is 5.91 Å². The zero-order chi connectivity index (χ0) is 24.6. The highest BCUT2D eigenvalue weighted by Crippen LogP contribution is 2.30. The number of aromatic nitrogens is 3. The third-order valence-corrected chi connectivity index (χ3v) is 6.90. The lowest BCUT2D eigenvalue weighted by molar-refractivity contribution is 0.0952. The van der Waals surface area contributed by atoms with E-state index in [1.165, 1.54) is 30.3 Å². The maximum Gasteiger partial charge on any atom is 0.271 e. The van der Waals surface area contributed by atoms with Gasteiger partial charge in [-0.3, -0.25) is 4.79 Å². The maximum absolute atomic E-state index is 13.8. The first-order valence-corrected chi connectivity index (χ1v) is 13.1. The zero-order valence-electron chi connectivity index (χ0n) is 20.1. The van der Waals surface area contributed by atoms with Crippen LogP contribution in [0.2, 0.25) is 0 Å². The van der Waals surface area contributed by atoms with Gasteiger partial charge in [0.2, 0.25) is 0 Å². The molecule has 0 spiro atoms. The van der Waals surface area contributed by atoms with Crippen LogP contribution in [-0.2, 0) is 12.8 Å². The van der Waals surface area contributed by atoms with Gasteiger partial charge in [-0.15, -0.1) is 11.3 Å². The van der Waals surface area contributed by atoms with Crippen LogP contribution in [-0.4, -0.2) is 51.9 Å². The fourth-order valence-electron chi connectivity index (χ4n) is 3.81. The number of thiazole rings is 1. The van der Waals surface area contributed by atoms with Crippen molar-refractivity contribution in [3.63, 3.8) is 0 Å². The number of carbonyl (C=O) groups is 1. The van der Waals surface area contributed by atoms with Gasteiger partial charge in [0.1, 0.15) is 17.3 Å². The van der Waals surface area contributed by atoms with Crippen molar-refractivity contribution in [1.82, 2.24) is 25.2 Å². The molecule has 7 nitrogen and oxygen atoms in total. The predicted octanol–water partition coefficient (Wildman–Crippen LogP) is 4.35. The van der Waals surface area contributed by atoms with Crippen molar-refractivity contribution in [2.45, 2.75) is 39.0 Å². The zero-order valence-corrected chi connectivity index (χ0v) is 20.9. The number of amides is 1. The van der Waals surface area contributed by atoms with E-state index in [1.807, 2.05) is 25.1 Å². The van der Waals surface area contributed by atoms with Gasteiger partial charge in [0.15, 0.2) is 0 Å². The van der Waals surface area contributed by atoms with E-state index in [4.69, 9.17) is 10.7 Å². The van der Waals surface area contributed by atoms with Crippen LogP contribution in [0.3, 0.4) is 0 Å². The first kappa shape index (κ1) is 25.1. The summed E-state index contributed by atoms with van der Waals surface area (Å²) >= 11 is 1.48. The Hall–Kier alpha value is -3.04. The molecule has 2 aromatic heterocycles. The van der Waals surface area contributed by atoms with Crippen molar-refractivity contribution in [2.75, 3.05) is 26.2 Å². The number of para-hydroxylation sites is 2. The topological polar surface area (TPSA) is 99.9 Å². The number of carbonyl (C=O) groups excluding carboxylic acids is 1. The van der Waals surface area contributed by atoms with E-state index >= 15 is 0 Å². The normalized spacial score (nSPS) is 14.7. The molecule has 35 heavy (non-hydrogen) atoms. The number of imidazole rings is 1. The Morgan fingerprint density at radius 1 is 1.29 bits per heavy atom. The molecule has 9 heteroatoms. The molecular weight excluding hydrogens is 463 g/mol. The molecule has 1 aliphatic carbocycles. The van der Waals surface area contributed by atoms with Gasteiger partial charge in [-0.1, -0.05) is 25.1 Å². The number of rotatable bonds is 13. The Balaban J connectivity index is 1.28. The van der Waals surface area contributed by atoms with E-state index in [0.717, 1.165) is 60.3 Å². The van der Waals surface area contributed by atoms with Crippen molar-refractivity contribution in [2.24, 2.45) is 11.7 Å². The molecule has 4 N–H and O–H groups in total. The quantitative estimate of drug-likeness (QED) is 0.306. The van der Waals surface area contributed by atoms with Gasteiger partial charge >= 0.3 is 0 Å². The number of allylic oxidation sites excluding steroid dienone is 3. The minimum Gasteiger partial charge on any atom is -0.398 e. The summed E-state index contributed by atoms with van der Waals surface area (Å²) in [5, 5.41) is 5.31. The summed E-state index contributed by atoms with van der Waals surface area (Å²) in [6.07, 6.45) is 7.97. The molecule has 1 aliphatic rings. The first-order chi connectivity index (χ1) is 17.0. The largest absolute Gasteiger partial charge is 0.398 e. The highest BCUT2D eigenvalue weighted by Gasteiger charge is 2.24. The van der Waals surface area contributed by atoms with Crippen LogP contribution in [0.5, 0.6) is 0 Å². The lowest BCUT2D eigenvalue weighted by Crippen LogP contribution is -2.31. The number of nitrogens with zero attached hydrogens (tertiary/aromatic N) is 3. The van der Waals surface area contributed by atoms with E-state index < -0.39 is 5.83 Å². The summed E-state index contributed by atoms with van der Waals surface area (Å²) < 4.78 is 13.8. The summed E-state index contributed by atoms with van der Waals surface area (Å²) in [6, 6.07) is 8.09. The number of hydrogen-bond donors (Lipinski definition) is 3. The first-order valence-electron chi connectivity index (χ1n) is 12.2. The molecule has 1 saturated carbocycles. The molecule has 0 saturated heterocycles. The van der Waals surface area contributed by atoms with Crippen LogP contribution < -0.4 is 11.1 Å². The molecule has 2 heterocycles. The van der Waals surface area contributed by atoms with E-state index in [9.17, 15) is 9.18 Å². The van der Waals surface area contributed by atoms with Crippen LogP contribution in [0.15, 0.2) is 53.3 Å². The SMILES string of the molecule is CC/C=C\C(F)=C(/N)CNC(=O)c1csc(CCN(CCc2nc3ccccc3[nH]2)CC2CC2)n1. The average molecular weight is 497 g/mol. The number of benzene rings is 1. The number of hydrogen-bond acceptors (Lipinski definition) is 6. The van der Waals surface area contributed by atoms with Gasteiger partial charge in [-0.2, -0.15) is 0 Å². The van der Waals surface area contributed by atoms with E-state index in [2.05, 4.69) is 26.3 Å². The number of nitrogens with two attached hydrogens (primary N) is 1. The minimum absolute atomic E-state index is 0.00123. The van der Waals surface area contributed by atoms with Crippen LogP contribution >= 0.6 is 11.3 Å². The second kappa shape index (κ2) is 12.1. The van der Waals surface area contributed by atoms with Gasteiger partial charge in [0.05, 0.1) is 28.3 Å². The molecule has 0 aliphatic heterocycles. The minimum atomic E-state index is -0.524. The van der Waals surface area contributed by atoms with Crippen molar-refractivity contribution in [3.05, 3.63) is 69.8 Å². The predicted molar refractivity (Wildman–Crippen MR) is 139 cm³/mol. The fraction of sp³-hybridized carbons (Fsp3) is 0.423. The van der Waals surface area contributed by atoms with Crippen molar-refractivity contribution in [3.8, 4) is 0 Å². The molecule has 1 amide bonds. The van der Waals surface area contributed by atoms with Crippen molar-refractivity contribution in [1.29, 1.82) is 0 Å². The standard InChI is InChI=1S/C26H33FN6OS/c1-2-3-6-19(27)20(28)15-29-26(34)23-17-35-25(32-23)12-14-33(16-18-9-10-18)13-11-24-30-21-7-4-5-8-22(21)31-24/h3-8,17-18H,2,9-16,28H2,1H3,(H,29,34)(H,30,31)/b6-3-,20-19+. The average Bonchev–Trinajstić information content (AvgIpc) is 3.38. The highest BCUT2D eigenvalue weighted by molar-refractivity contribution is 7.09. The second-order valence-electron chi connectivity index (χ2n) is 8.94. The molecular formula is C26H33FN6OS. The van der Waals surface area contributed by atoms with E-state index in [-0.39, 0.29) is 18.1 Å². The van der Waals surface area contributed by atoms with Crippen LogP contribution in [0, 0.1) is 5.92 Å². The Morgan fingerprint density at radius 3 is 2.86 bits per heavy atom. The number of aromatic amines is 1. The lowest BCUT2D eigenvalue weighted by atomic mass is 10.3. The summed E-state index contributed by atoms with van der Waals surface area (Å²) in [6.45, 7) is 4.76. The smallest absolute Gasteiger partial charge is 0.271 e. The number of halogens is 1. The molecule has 0 unspecified atom stereocenters. The summed E-state index contributed by atoms with van der Waals surface area (Å²) in [7, 11) is 0. The fourth-order valence-corrected chi connectivity index (χ4v) is 4.58. The van der Waals surface area contributed by atoms with Gasteiger partial charge < -0.3 is 20.9 Å². The number of nitrogens with one attached hydrogen (secondary N) is 2. The van der Waals surface area contributed by atoms with E-state index in [1.54, 1.807) is 11.5 Å². The summed E-state index contributed by atoms with van der Waals surface area (Å²) in [5.41, 5.74) is 8.13. The summed E-state index contributed by atoms with van der Waals surface area (Å²) in [4.78, 5) is 27.5. The Bertz CT molecular complexity index is 1160. The maximum atomic E-state index is 13.8. The Morgan fingerprint density at radius 2 is 2.09 bits per heavy atom. The molecule has 0 atom stereocenters. The van der Waals surface area contributed by atoms with Crippen LogP contribution in [0.4, 0.5) is 4.39 Å². The van der Waals surface area contributed by atoms with Crippen LogP contribution in [0.25, 0.3) is 11.0 Å². The molecule has 1 aromatic carbocycles. The Kier molecular flexibility index (Phi) is 8.65. The molecule has 186 valence electrons. The van der Waals surface area contributed by atoms with E-state index in [0.29, 0.717) is 12.1 Å². The monoisotopic (exact) mass is 496 g/mol. The van der Waals surface area contributed by atoms with Crippen molar-refractivity contribution >= 4 is 28.3 Å². The van der Waals surface area contributed by atoms with Gasteiger partial charge in [-0.05, 0) is 43.4 Å². The lowest BCUT2D eigenvalue weighted by Gasteiger charge is -2.21. The van der Waals surface area contributed by atoms with Gasteiger partial charge in [0, 0.05) is 37.9 Å². The van der Waals surface area contributed by atoms with Crippen LogP contribution in [0.1, 0.15) is 47.5 Å². The molecule has 3 aromatic rings. The third kappa shape index (κ3) is 7.47. The van der Waals surface area contributed by atoms with Gasteiger partial charge in [-0.25, -0.2) is 14.4 Å². The van der Waals surface area contributed by atoms with Crippen molar-refractivity contribution < 1.29 is 9.18 Å². The highest BCUT2D eigenvalue weighted by atomic mass is 32.1. The number of H-pyrrole nitrogens is 1.